The van der Waals surface area contributed by atoms with Crippen molar-refractivity contribution in [2.45, 2.75) is 55.7 Å². The third-order valence-corrected chi connectivity index (χ3v) is 6.22. The van der Waals surface area contributed by atoms with Gasteiger partial charge in [0.1, 0.15) is 0 Å². The lowest BCUT2D eigenvalue weighted by Crippen LogP contribution is -2.04. The van der Waals surface area contributed by atoms with Crippen molar-refractivity contribution in [3.8, 4) is 0 Å². The first-order chi connectivity index (χ1) is 6.12. The highest BCUT2D eigenvalue weighted by Gasteiger charge is 2.05. The summed E-state index contributed by atoms with van der Waals surface area (Å²) in [6, 6.07) is 0. The number of allylic oxidation sites excluding steroid dienone is 2. The summed E-state index contributed by atoms with van der Waals surface area (Å²) in [6.07, 6.45) is 2.27. The molecule has 0 amide bonds. The summed E-state index contributed by atoms with van der Waals surface area (Å²) in [5.41, 5.74) is 1.45. The molecule has 0 aromatic rings. The van der Waals surface area contributed by atoms with Crippen LogP contribution < -0.4 is 0 Å². The monoisotopic (exact) mass is 212 g/mol. The molecule has 0 heterocycles. The zero-order chi connectivity index (χ0) is 10.7. The Labute approximate surface area is 97.6 Å². The molecule has 0 N–H and O–H groups in total. The van der Waals surface area contributed by atoms with Crippen LogP contribution in [0.3, 0.4) is 0 Å². The van der Waals surface area contributed by atoms with Crippen molar-refractivity contribution >= 4 is 30.4 Å². The van der Waals surface area contributed by atoms with Gasteiger partial charge in [0.2, 0.25) is 16.3 Å². The Hall–Kier alpha value is 0.805. The quantitative estimate of drug-likeness (QED) is 0.494. The Morgan fingerprint density at radius 2 is 1.46 bits per heavy atom. The van der Waals surface area contributed by atoms with Crippen molar-refractivity contribution < 1.29 is 0 Å². The van der Waals surface area contributed by atoms with Gasteiger partial charge in [-0.3, -0.25) is 0 Å². The zero-order valence-electron chi connectivity index (χ0n) is 10.5. The van der Waals surface area contributed by atoms with Crippen LogP contribution in [0.5, 0.6) is 0 Å². The Kier molecular flexibility index (Phi) is 16.0. The largest absolute Gasteiger partial charge is 0.261 e. The van der Waals surface area contributed by atoms with Gasteiger partial charge in [0, 0.05) is 0 Å². The van der Waals surface area contributed by atoms with E-state index in [2.05, 4.69) is 40.7 Å². The van der Waals surface area contributed by atoms with Gasteiger partial charge in [-0.1, -0.05) is 53.6 Å². The van der Waals surface area contributed by atoms with E-state index in [9.17, 15) is 0 Å². The molecule has 0 rings (SSSR count). The Morgan fingerprint density at radius 1 is 1.08 bits per heavy atom. The van der Waals surface area contributed by atoms with E-state index in [1.165, 1.54) is 43.0 Å². The summed E-state index contributed by atoms with van der Waals surface area (Å²) in [4.78, 5) is 0. The van der Waals surface area contributed by atoms with Crippen molar-refractivity contribution in [3.63, 3.8) is 0 Å². The van der Waals surface area contributed by atoms with E-state index >= 15 is 0 Å². The lowest BCUT2D eigenvalue weighted by molar-refractivity contribution is 1.24. The second-order valence-corrected chi connectivity index (χ2v) is 8.78. The van der Waals surface area contributed by atoms with Crippen LogP contribution in [-0.2, 0) is 0 Å². The molecular formula is C11H26Al2. The van der Waals surface area contributed by atoms with Crippen LogP contribution in [0, 0.1) is 0 Å². The SMILES string of the molecule is CC(C)=C[CH2][AlH2].C[CH2][Al]([CH2]C)[CH2]C. The fraction of sp³-hybridized carbons (Fsp3) is 0.818. The molecule has 2 heteroatoms. The third kappa shape index (κ3) is 15.6. The van der Waals surface area contributed by atoms with Crippen molar-refractivity contribution in [3.05, 3.63) is 11.6 Å². The molecule has 0 bridgehead atoms. The van der Waals surface area contributed by atoms with E-state index < -0.39 is 0 Å². The van der Waals surface area contributed by atoms with Crippen molar-refractivity contribution in [1.82, 2.24) is 0 Å². The maximum atomic E-state index is 2.32. The second kappa shape index (κ2) is 12.8. The molecule has 0 fully saturated rings. The molecule has 0 saturated carbocycles. The highest BCUT2D eigenvalue weighted by molar-refractivity contribution is 6.58. The van der Waals surface area contributed by atoms with Gasteiger partial charge >= 0.3 is 0 Å². The topological polar surface area (TPSA) is 0 Å². The van der Waals surface area contributed by atoms with Gasteiger partial charge < -0.3 is 0 Å². The highest BCUT2D eigenvalue weighted by atomic mass is 27.2. The van der Waals surface area contributed by atoms with Crippen LogP contribution >= 0.6 is 0 Å². The first-order valence-electron chi connectivity index (χ1n) is 5.75. The number of hydrogen-bond acceptors (Lipinski definition) is 0. The van der Waals surface area contributed by atoms with Crippen LogP contribution in [0.2, 0.25) is 21.1 Å². The standard InChI is InChI=1S/C5H9.3C2H5.2Al.2H/c1-4-5(2)3;3*1-2;;;;/h4H,1H2,2-3H3;3*1H2,2H3;;;;. The predicted octanol–water partition coefficient (Wildman–Crippen LogP) is 3.54. The average molecular weight is 212 g/mol. The fourth-order valence-corrected chi connectivity index (χ4v) is 3.82. The van der Waals surface area contributed by atoms with Gasteiger partial charge in [0.25, 0.3) is 14.1 Å². The molecule has 0 nitrogen and oxygen atoms in total. The predicted molar refractivity (Wildman–Crippen MR) is 70.0 cm³/mol. The van der Waals surface area contributed by atoms with Gasteiger partial charge in [-0.05, 0) is 13.8 Å². The smallest absolute Gasteiger partial charge is 0.0995 e. The van der Waals surface area contributed by atoms with Crippen LogP contribution in [0.4, 0.5) is 0 Å². The number of hydrogen-bond donors (Lipinski definition) is 0. The normalized spacial score (nSPS) is 8.38. The van der Waals surface area contributed by atoms with Crippen LogP contribution in [0.25, 0.3) is 0 Å². The zero-order valence-corrected chi connectivity index (χ0v) is 13.6. The van der Waals surface area contributed by atoms with Crippen LogP contribution in [-0.4, -0.2) is 30.4 Å². The summed E-state index contributed by atoms with van der Waals surface area (Å²) < 4.78 is 0. The lowest BCUT2D eigenvalue weighted by atomic mass is 10.3. The lowest BCUT2D eigenvalue weighted by Gasteiger charge is -1.97. The van der Waals surface area contributed by atoms with Crippen LogP contribution in [0.1, 0.15) is 34.6 Å². The molecule has 0 aliphatic carbocycles. The minimum Gasteiger partial charge on any atom is -0.0995 e. The molecule has 0 spiro atoms. The van der Waals surface area contributed by atoms with Gasteiger partial charge in [-0.25, -0.2) is 0 Å². The van der Waals surface area contributed by atoms with E-state index in [4.69, 9.17) is 0 Å². The van der Waals surface area contributed by atoms with E-state index in [1.807, 2.05) is 0 Å². The van der Waals surface area contributed by atoms with Crippen molar-refractivity contribution in [2.24, 2.45) is 0 Å². The van der Waals surface area contributed by atoms with Gasteiger partial charge in [-0.2, -0.15) is 0 Å². The first kappa shape index (κ1) is 16.2. The van der Waals surface area contributed by atoms with Crippen molar-refractivity contribution in [2.75, 3.05) is 0 Å². The summed E-state index contributed by atoms with van der Waals surface area (Å²) in [7, 11) is 0. The molecule has 0 atom stereocenters. The molecule has 0 aromatic heterocycles. The molecule has 0 aliphatic rings. The Balaban J connectivity index is 0. The molecule has 0 radical (unpaired) electrons. The Bertz CT molecular complexity index is 106. The van der Waals surface area contributed by atoms with E-state index in [0.29, 0.717) is 0 Å². The van der Waals surface area contributed by atoms with Gasteiger partial charge in [-0.15, -0.1) is 0 Å². The maximum Gasteiger partial charge on any atom is 0.261 e. The van der Waals surface area contributed by atoms with E-state index in [1.54, 1.807) is 0 Å². The molecule has 0 aromatic carbocycles. The minimum absolute atomic E-state index is 0.171. The molecule has 0 aliphatic heterocycles. The fourth-order valence-electron chi connectivity index (χ4n) is 1.27. The molecule has 0 unspecified atom stereocenters. The summed E-state index contributed by atoms with van der Waals surface area (Å²) in [5.74, 6) is 0. The summed E-state index contributed by atoms with van der Waals surface area (Å²) in [5, 5.41) is 5.79. The van der Waals surface area contributed by atoms with E-state index in [0.717, 1.165) is 0 Å². The minimum atomic E-state index is -0.171. The highest BCUT2D eigenvalue weighted by Crippen LogP contribution is 2.01. The first-order valence-corrected chi connectivity index (χ1v) is 9.61. The third-order valence-electron chi connectivity index (χ3n) is 2.34. The summed E-state index contributed by atoms with van der Waals surface area (Å²) >= 11 is 1.14. The Morgan fingerprint density at radius 3 is 1.46 bits per heavy atom. The molecule has 13 heavy (non-hydrogen) atoms. The van der Waals surface area contributed by atoms with Crippen LogP contribution in [0.15, 0.2) is 11.6 Å². The van der Waals surface area contributed by atoms with Gasteiger partial charge in [0.05, 0.1) is 0 Å². The van der Waals surface area contributed by atoms with Gasteiger partial charge in [0.15, 0.2) is 0 Å². The van der Waals surface area contributed by atoms with Crippen molar-refractivity contribution in [1.29, 1.82) is 0 Å². The molecular weight excluding hydrogens is 186 g/mol. The number of rotatable bonds is 4. The van der Waals surface area contributed by atoms with E-state index in [-0.39, 0.29) is 14.1 Å². The molecule has 76 valence electrons. The maximum absolute atomic E-state index is 2.32. The average Bonchev–Trinajstić information content (AvgIpc) is 2.08. The molecule has 0 saturated heterocycles. The summed E-state index contributed by atoms with van der Waals surface area (Å²) in [6.45, 7) is 11.2. The second-order valence-electron chi connectivity index (χ2n) is 3.78.